The standard InChI is InChI=1S/C19H14F4N4O3/c20-14-9-11(19(21,22)23)1-5-15(14)26-17-18(30)27(8-7-24-17)13-4-2-12(25-10-13)3-6-16(28)29/h1-2,4-5,7-10H,3,6H2,(H,24,26)(H,28,29). The molecule has 0 aliphatic heterocycles. The van der Waals surface area contributed by atoms with Crippen molar-refractivity contribution in [1.29, 1.82) is 0 Å². The molecule has 2 N–H and O–H groups in total. The Bertz CT molecular complexity index is 1130. The topological polar surface area (TPSA) is 97.1 Å². The minimum atomic E-state index is -4.69. The summed E-state index contributed by atoms with van der Waals surface area (Å²) in [5, 5.41) is 11.1. The molecule has 0 amide bonds. The van der Waals surface area contributed by atoms with Gasteiger partial charge in [-0.15, -0.1) is 0 Å². The zero-order valence-corrected chi connectivity index (χ0v) is 15.2. The molecule has 0 aliphatic carbocycles. The lowest BCUT2D eigenvalue weighted by atomic mass is 10.2. The molecular formula is C19H14F4N4O3. The number of aryl methyl sites for hydroxylation is 1. The van der Waals surface area contributed by atoms with Gasteiger partial charge in [-0.25, -0.2) is 9.37 Å². The number of anilines is 2. The first kappa shape index (κ1) is 21.0. The molecule has 0 atom stereocenters. The highest BCUT2D eigenvalue weighted by atomic mass is 19.4. The molecule has 0 radical (unpaired) electrons. The van der Waals surface area contributed by atoms with Crippen molar-refractivity contribution in [3.63, 3.8) is 0 Å². The summed E-state index contributed by atoms with van der Waals surface area (Å²) in [6.07, 6.45) is -0.606. The van der Waals surface area contributed by atoms with Gasteiger partial charge in [0.15, 0.2) is 5.82 Å². The third-order valence-electron chi connectivity index (χ3n) is 4.07. The van der Waals surface area contributed by atoms with E-state index in [4.69, 9.17) is 5.11 Å². The zero-order valence-electron chi connectivity index (χ0n) is 15.2. The van der Waals surface area contributed by atoms with Gasteiger partial charge in [-0.05, 0) is 30.3 Å². The summed E-state index contributed by atoms with van der Waals surface area (Å²) in [6.45, 7) is 0. The molecule has 0 saturated carbocycles. The van der Waals surface area contributed by atoms with E-state index >= 15 is 0 Å². The second kappa shape index (κ2) is 8.31. The van der Waals surface area contributed by atoms with Crippen molar-refractivity contribution >= 4 is 17.5 Å². The molecular weight excluding hydrogens is 408 g/mol. The SMILES string of the molecule is O=C(O)CCc1ccc(-n2ccnc(Nc3ccc(C(F)(F)F)cc3F)c2=O)cn1. The predicted molar refractivity (Wildman–Crippen MR) is 98.3 cm³/mol. The first-order valence-corrected chi connectivity index (χ1v) is 8.53. The van der Waals surface area contributed by atoms with Gasteiger partial charge in [0, 0.05) is 24.5 Å². The van der Waals surface area contributed by atoms with E-state index < -0.39 is 29.1 Å². The molecule has 11 heteroatoms. The van der Waals surface area contributed by atoms with Crippen LogP contribution >= 0.6 is 0 Å². The molecule has 1 aromatic carbocycles. The maximum Gasteiger partial charge on any atom is 0.416 e. The highest BCUT2D eigenvalue weighted by Gasteiger charge is 2.31. The average Bonchev–Trinajstić information content (AvgIpc) is 2.69. The van der Waals surface area contributed by atoms with Crippen LogP contribution in [0.15, 0.2) is 53.7 Å². The molecule has 0 spiro atoms. The molecule has 0 unspecified atom stereocenters. The summed E-state index contributed by atoms with van der Waals surface area (Å²) in [5.74, 6) is -2.45. The summed E-state index contributed by atoms with van der Waals surface area (Å²) >= 11 is 0. The molecule has 2 heterocycles. The number of aliphatic carboxylic acids is 1. The van der Waals surface area contributed by atoms with Crippen LogP contribution < -0.4 is 10.9 Å². The van der Waals surface area contributed by atoms with Crippen LogP contribution in [0.5, 0.6) is 0 Å². The first-order chi connectivity index (χ1) is 14.1. The number of pyridine rings is 1. The van der Waals surface area contributed by atoms with Gasteiger partial charge in [-0.2, -0.15) is 13.2 Å². The maximum atomic E-state index is 14.0. The molecule has 3 aromatic rings. The maximum absolute atomic E-state index is 14.0. The van der Waals surface area contributed by atoms with Gasteiger partial charge in [0.1, 0.15) is 5.82 Å². The van der Waals surface area contributed by atoms with Crippen molar-refractivity contribution in [2.75, 3.05) is 5.32 Å². The van der Waals surface area contributed by atoms with Gasteiger partial charge in [0.05, 0.1) is 29.6 Å². The van der Waals surface area contributed by atoms with Gasteiger partial charge in [0.25, 0.3) is 5.56 Å². The van der Waals surface area contributed by atoms with Crippen molar-refractivity contribution in [3.05, 3.63) is 76.4 Å². The minimum absolute atomic E-state index is 0.0890. The van der Waals surface area contributed by atoms with Gasteiger partial charge in [-0.3, -0.25) is 19.1 Å². The Balaban J connectivity index is 1.85. The number of benzene rings is 1. The van der Waals surface area contributed by atoms with Crippen molar-refractivity contribution < 1.29 is 27.5 Å². The summed E-state index contributed by atoms with van der Waals surface area (Å²) in [5.41, 5.74) is -1.31. The van der Waals surface area contributed by atoms with E-state index in [2.05, 4.69) is 15.3 Å². The van der Waals surface area contributed by atoms with Crippen molar-refractivity contribution in [3.8, 4) is 5.69 Å². The van der Waals surface area contributed by atoms with Gasteiger partial charge in [-0.1, -0.05) is 0 Å². The van der Waals surface area contributed by atoms with E-state index in [1.807, 2.05) is 0 Å². The van der Waals surface area contributed by atoms with Crippen LogP contribution in [0.4, 0.5) is 29.1 Å². The lowest BCUT2D eigenvalue weighted by Crippen LogP contribution is -2.22. The molecule has 0 bridgehead atoms. The Morgan fingerprint density at radius 1 is 1.17 bits per heavy atom. The number of nitrogens with one attached hydrogen (secondary N) is 1. The summed E-state index contributed by atoms with van der Waals surface area (Å²) in [7, 11) is 0. The fourth-order valence-corrected chi connectivity index (χ4v) is 2.56. The molecule has 0 saturated heterocycles. The third-order valence-corrected chi connectivity index (χ3v) is 4.07. The number of hydrogen-bond acceptors (Lipinski definition) is 5. The highest BCUT2D eigenvalue weighted by Crippen LogP contribution is 2.31. The van der Waals surface area contributed by atoms with E-state index in [1.165, 1.54) is 18.6 Å². The van der Waals surface area contributed by atoms with E-state index in [9.17, 15) is 27.2 Å². The largest absolute Gasteiger partial charge is 0.481 e. The van der Waals surface area contributed by atoms with Crippen LogP contribution in [0.2, 0.25) is 0 Å². The van der Waals surface area contributed by atoms with Crippen LogP contribution in [0.1, 0.15) is 17.7 Å². The number of hydrogen-bond donors (Lipinski definition) is 2. The number of nitrogens with zero attached hydrogens (tertiary/aromatic N) is 3. The fourth-order valence-electron chi connectivity index (χ4n) is 2.56. The Labute approximate surface area is 166 Å². The van der Waals surface area contributed by atoms with E-state index in [-0.39, 0.29) is 24.3 Å². The number of aromatic nitrogens is 3. The fraction of sp³-hybridized carbons (Fsp3) is 0.158. The van der Waals surface area contributed by atoms with Crippen LogP contribution in [0.3, 0.4) is 0 Å². The first-order valence-electron chi connectivity index (χ1n) is 8.53. The van der Waals surface area contributed by atoms with Crippen molar-refractivity contribution in [1.82, 2.24) is 14.5 Å². The number of carbonyl (C=O) groups is 1. The number of rotatable bonds is 6. The lowest BCUT2D eigenvalue weighted by molar-refractivity contribution is -0.138. The Morgan fingerprint density at radius 2 is 1.93 bits per heavy atom. The third kappa shape index (κ3) is 4.80. The lowest BCUT2D eigenvalue weighted by Gasteiger charge is -2.12. The zero-order chi connectivity index (χ0) is 21.9. The normalized spacial score (nSPS) is 11.3. The van der Waals surface area contributed by atoms with E-state index in [0.717, 1.165) is 10.6 Å². The van der Waals surface area contributed by atoms with Crippen LogP contribution in [-0.4, -0.2) is 25.6 Å². The Hall–Kier alpha value is -3.76. The van der Waals surface area contributed by atoms with Crippen molar-refractivity contribution in [2.45, 2.75) is 19.0 Å². The Morgan fingerprint density at radius 3 is 2.53 bits per heavy atom. The second-order valence-corrected chi connectivity index (χ2v) is 6.17. The van der Waals surface area contributed by atoms with Crippen LogP contribution in [0.25, 0.3) is 5.69 Å². The Kier molecular flexibility index (Phi) is 5.81. The predicted octanol–water partition coefficient (Wildman–Crippen LogP) is 3.55. The highest BCUT2D eigenvalue weighted by molar-refractivity contribution is 5.67. The molecule has 2 aromatic heterocycles. The molecule has 0 fully saturated rings. The summed E-state index contributed by atoms with van der Waals surface area (Å²) in [4.78, 5) is 31.2. The number of carboxylic acids is 1. The number of alkyl halides is 3. The second-order valence-electron chi connectivity index (χ2n) is 6.17. The molecule has 7 nitrogen and oxygen atoms in total. The molecule has 0 aliphatic rings. The van der Waals surface area contributed by atoms with E-state index in [1.54, 1.807) is 12.1 Å². The van der Waals surface area contributed by atoms with Crippen LogP contribution in [0, 0.1) is 5.82 Å². The van der Waals surface area contributed by atoms with Crippen molar-refractivity contribution in [2.24, 2.45) is 0 Å². The quantitative estimate of drug-likeness (QED) is 0.590. The average molecular weight is 422 g/mol. The summed E-state index contributed by atoms with van der Waals surface area (Å²) in [6, 6.07) is 4.99. The van der Waals surface area contributed by atoms with Gasteiger partial charge >= 0.3 is 12.1 Å². The number of halogens is 4. The van der Waals surface area contributed by atoms with Gasteiger partial charge < -0.3 is 10.4 Å². The molecule has 156 valence electrons. The van der Waals surface area contributed by atoms with Gasteiger partial charge in [0.2, 0.25) is 0 Å². The number of carboxylic acid groups (broad SMARTS) is 1. The molecule has 3 rings (SSSR count). The minimum Gasteiger partial charge on any atom is -0.481 e. The van der Waals surface area contributed by atoms with Crippen LogP contribution in [-0.2, 0) is 17.4 Å². The van der Waals surface area contributed by atoms with E-state index in [0.29, 0.717) is 23.5 Å². The molecule has 30 heavy (non-hydrogen) atoms. The monoisotopic (exact) mass is 422 g/mol. The summed E-state index contributed by atoms with van der Waals surface area (Å²) < 4.78 is 53.2. The smallest absolute Gasteiger partial charge is 0.416 e.